The van der Waals surface area contributed by atoms with E-state index in [0.29, 0.717) is 24.8 Å². The van der Waals surface area contributed by atoms with Gasteiger partial charge in [-0.05, 0) is 44.0 Å². The maximum Gasteiger partial charge on any atom is 0.262 e. The van der Waals surface area contributed by atoms with Crippen molar-refractivity contribution in [1.82, 2.24) is 15.1 Å². The third-order valence-corrected chi connectivity index (χ3v) is 5.81. The summed E-state index contributed by atoms with van der Waals surface area (Å²) in [4.78, 5) is 52.3. The van der Waals surface area contributed by atoms with Gasteiger partial charge in [-0.2, -0.15) is 0 Å². The lowest BCUT2D eigenvalue weighted by Crippen LogP contribution is -2.54. The highest BCUT2D eigenvalue weighted by molar-refractivity contribution is 6.23. The molecule has 1 aromatic rings. The highest BCUT2D eigenvalue weighted by Crippen LogP contribution is 2.30. The number of nitrogens with one attached hydrogen (secondary N) is 1. The van der Waals surface area contributed by atoms with Gasteiger partial charge in [0, 0.05) is 18.9 Å². The Morgan fingerprint density at radius 2 is 1.93 bits per heavy atom. The first-order valence-corrected chi connectivity index (χ1v) is 10.1. The average Bonchev–Trinajstić information content (AvgIpc) is 2.97. The molecular formula is C22H23N3O5. The number of rotatable bonds is 5. The lowest BCUT2D eigenvalue weighted by atomic mass is 9.99. The van der Waals surface area contributed by atoms with Crippen molar-refractivity contribution in [3.8, 4) is 18.1 Å². The fraction of sp³-hybridized carbons (Fsp3) is 0.455. The number of hydrogen-bond acceptors (Lipinski definition) is 6. The summed E-state index contributed by atoms with van der Waals surface area (Å²) >= 11 is 0. The second-order valence-corrected chi connectivity index (χ2v) is 7.91. The Morgan fingerprint density at radius 1 is 1.13 bits per heavy atom. The lowest BCUT2D eigenvalue weighted by Gasteiger charge is -2.31. The Kier molecular flexibility index (Phi) is 5.55. The minimum atomic E-state index is -0.969. The van der Waals surface area contributed by atoms with Crippen LogP contribution in [-0.2, 0) is 9.59 Å². The third-order valence-electron chi connectivity index (χ3n) is 5.81. The fourth-order valence-corrected chi connectivity index (χ4v) is 4.31. The molecule has 8 heteroatoms. The molecule has 2 saturated heterocycles. The number of likely N-dealkylation sites (tertiary alicyclic amines) is 1. The summed E-state index contributed by atoms with van der Waals surface area (Å²) in [5.74, 6) is 1.45. The summed E-state index contributed by atoms with van der Waals surface area (Å²) in [6, 6.07) is 3.81. The van der Waals surface area contributed by atoms with E-state index in [1.54, 1.807) is 18.2 Å². The predicted molar refractivity (Wildman–Crippen MR) is 107 cm³/mol. The molecule has 3 heterocycles. The zero-order valence-corrected chi connectivity index (χ0v) is 16.6. The number of benzene rings is 1. The van der Waals surface area contributed by atoms with Crippen LogP contribution < -0.4 is 10.1 Å². The van der Waals surface area contributed by atoms with Gasteiger partial charge in [0.25, 0.3) is 11.8 Å². The molecule has 0 saturated carbocycles. The topological polar surface area (TPSA) is 96.0 Å². The molecule has 30 heavy (non-hydrogen) atoms. The molecule has 0 radical (unpaired) electrons. The number of hydrogen-bond donors (Lipinski definition) is 1. The van der Waals surface area contributed by atoms with Gasteiger partial charge in [-0.3, -0.25) is 34.3 Å². The molecule has 1 N–H and O–H groups in total. The molecule has 2 unspecified atom stereocenters. The van der Waals surface area contributed by atoms with Crippen molar-refractivity contribution in [1.29, 1.82) is 0 Å². The predicted octanol–water partition coefficient (Wildman–Crippen LogP) is 0.812. The zero-order valence-electron chi connectivity index (χ0n) is 16.6. The second-order valence-electron chi connectivity index (χ2n) is 7.91. The summed E-state index contributed by atoms with van der Waals surface area (Å²) in [7, 11) is 0. The van der Waals surface area contributed by atoms with Gasteiger partial charge in [0.15, 0.2) is 0 Å². The summed E-state index contributed by atoms with van der Waals surface area (Å²) in [5, 5.41) is 2.19. The molecule has 4 amide bonds. The molecule has 3 aliphatic rings. The number of terminal acetylenes is 1. The van der Waals surface area contributed by atoms with Crippen LogP contribution in [0.1, 0.15) is 46.4 Å². The molecule has 1 aromatic carbocycles. The molecule has 3 aliphatic heterocycles. The number of carbonyl (C=O) groups is 4. The number of imide groups is 2. The van der Waals surface area contributed by atoms with Crippen molar-refractivity contribution in [2.24, 2.45) is 5.92 Å². The van der Waals surface area contributed by atoms with E-state index in [-0.39, 0.29) is 24.0 Å². The van der Waals surface area contributed by atoms with Crippen LogP contribution in [0, 0.1) is 18.3 Å². The van der Waals surface area contributed by atoms with E-state index >= 15 is 0 Å². The SMILES string of the molecule is C#CCN1CCCC(COc2ccc3c(c2)C(=O)N(C2CCC(=O)NC2=O)C3=O)C1. The summed E-state index contributed by atoms with van der Waals surface area (Å²) in [6.07, 6.45) is 7.74. The van der Waals surface area contributed by atoms with Crippen molar-refractivity contribution < 1.29 is 23.9 Å². The molecule has 8 nitrogen and oxygen atoms in total. The summed E-state index contributed by atoms with van der Waals surface area (Å²) in [6.45, 7) is 2.99. The highest BCUT2D eigenvalue weighted by atomic mass is 16.5. The standard InChI is InChI=1S/C22H23N3O5/c1-2-9-24-10-3-4-14(12-24)13-30-15-5-6-16-17(11-15)22(29)25(21(16)28)18-7-8-19(26)23-20(18)27/h1,5-6,11,14,18H,3-4,7-10,12-13H2,(H,23,26,27). The number of nitrogens with zero attached hydrogens (tertiary/aromatic N) is 2. The Balaban J connectivity index is 1.44. The van der Waals surface area contributed by atoms with Crippen LogP contribution >= 0.6 is 0 Å². The largest absolute Gasteiger partial charge is 0.493 e. The van der Waals surface area contributed by atoms with Crippen LogP contribution in [-0.4, -0.2) is 65.7 Å². The highest BCUT2D eigenvalue weighted by Gasteiger charge is 2.44. The molecule has 2 fully saturated rings. The van der Waals surface area contributed by atoms with E-state index < -0.39 is 29.7 Å². The maximum absolute atomic E-state index is 12.9. The molecular weight excluding hydrogens is 386 g/mol. The molecule has 0 bridgehead atoms. The van der Waals surface area contributed by atoms with Crippen molar-refractivity contribution >= 4 is 23.6 Å². The first kappa shape index (κ1) is 20.1. The minimum absolute atomic E-state index is 0.0935. The first-order valence-electron chi connectivity index (χ1n) is 10.1. The van der Waals surface area contributed by atoms with E-state index in [2.05, 4.69) is 16.1 Å². The maximum atomic E-state index is 12.9. The summed E-state index contributed by atoms with van der Waals surface area (Å²) in [5.41, 5.74) is 0.467. The van der Waals surface area contributed by atoms with Crippen LogP contribution in [0.2, 0.25) is 0 Å². The molecule has 2 atom stereocenters. The molecule has 4 rings (SSSR count). The number of ether oxygens (including phenoxy) is 1. The Bertz CT molecular complexity index is 951. The van der Waals surface area contributed by atoms with Gasteiger partial charge in [-0.15, -0.1) is 6.42 Å². The van der Waals surface area contributed by atoms with Crippen molar-refractivity contribution in [2.75, 3.05) is 26.2 Å². The molecule has 0 spiro atoms. The van der Waals surface area contributed by atoms with E-state index in [0.717, 1.165) is 30.8 Å². The Hall–Kier alpha value is -3.18. The Labute approximate surface area is 174 Å². The quantitative estimate of drug-likeness (QED) is 0.571. The zero-order chi connectivity index (χ0) is 21.3. The molecule has 156 valence electrons. The van der Waals surface area contributed by atoms with Crippen molar-refractivity contribution in [3.05, 3.63) is 29.3 Å². The second kappa shape index (κ2) is 8.28. The molecule has 0 aliphatic carbocycles. The smallest absolute Gasteiger partial charge is 0.262 e. The van der Waals surface area contributed by atoms with E-state index in [1.165, 1.54) is 0 Å². The van der Waals surface area contributed by atoms with Gasteiger partial charge in [-0.25, -0.2) is 0 Å². The van der Waals surface area contributed by atoms with Crippen molar-refractivity contribution in [2.45, 2.75) is 31.7 Å². The van der Waals surface area contributed by atoms with Crippen LogP contribution in [0.25, 0.3) is 0 Å². The molecule has 0 aromatic heterocycles. The monoisotopic (exact) mass is 409 g/mol. The van der Waals surface area contributed by atoms with Gasteiger partial charge >= 0.3 is 0 Å². The third kappa shape index (κ3) is 3.81. The Morgan fingerprint density at radius 3 is 2.70 bits per heavy atom. The van der Waals surface area contributed by atoms with Crippen molar-refractivity contribution in [3.63, 3.8) is 0 Å². The van der Waals surface area contributed by atoms with Crippen LogP contribution in [0.5, 0.6) is 5.75 Å². The lowest BCUT2D eigenvalue weighted by molar-refractivity contribution is -0.136. The van der Waals surface area contributed by atoms with E-state index in [1.807, 2.05) is 0 Å². The number of piperidine rings is 2. The average molecular weight is 409 g/mol. The van der Waals surface area contributed by atoms with Gasteiger partial charge in [0.05, 0.1) is 24.3 Å². The van der Waals surface area contributed by atoms with E-state index in [4.69, 9.17) is 11.2 Å². The van der Waals surface area contributed by atoms with Gasteiger partial charge in [0.2, 0.25) is 11.8 Å². The van der Waals surface area contributed by atoms with Gasteiger partial charge < -0.3 is 4.74 Å². The number of amides is 4. The number of carbonyl (C=O) groups excluding carboxylic acids is 4. The van der Waals surface area contributed by atoms with E-state index in [9.17, 15) is 19.2 Å². The van der Waals surface area contributed by atoms with Crippen LogP contribution in [0.3, 0.4) is 0 Å². The van der Waals surface area contributed by atoms with Crippen LogP contribution in [0.4, 0.5) is 0 Å². The van der Waals surface area contributed by atoms with Gasteiger partial charge in [-0.1, -0.05) is 5.92 Å². The number of fused-ring (bicyclic) bond motifs is 1. The van der Waals surface area contributed by atoms with Crippen LogP contribution in [0.15, 0.2) is 18.2 Å². The first-order chi connectivity index (χ1) is 14.5. The summed E-state index contributed by atoms with van der Waals surface area (Å²) < 4.78 is 5.91. The fourth-order valence-electron chi connectivity index (χ4n) is 4.31. The normalized spacial score (nSPS) is 24.4. The van der Waals surface area contributed by atoms with Gasteiger partial charge in [0.1, 0.15) is 11.8 Å². The minimum Gasteiger partial charge on any atom is -0.493 e.